The molecule has 0 saturated heterocycles. The molecule has 0 amide bonds. The number of nitrogens with one attached hydrogen (secondary N) is 1. The van der Waals surface area contributed by atoms with Gasteiger partial charge in [0.1, 0.15) is 11.6 Å². The van der Waals surface area contributed by atoms with E-state index in [-0.39, 0.29) is 11.9 Å². The summed E-state index contributed by atoms with van der Waals surface area (Å²) in [5.41, 5.74) is 6.24. The zero-order valence-corrected chi connectivity index (χ0v) is 11.0. The Morgan fingerprint density at radius 1 is 1.50 bits per heavy atom. The van der Waals surface area contributed by atoms with Gasteiger partial charge in [0, 0.05) is 17.7 Å². The standard InChI is InChI=1S/C14H16FN3O2/c1-9(13-3-2-6-20-13)17-8-11-5-4-10(7-12(11)15)14(16)18-19/h2-7,9,17,19H,8H2,1H3,(H2,16,18)/t9-/m0/s1. The monoisotopic (exact) mass is 277 g/mol. The molecule has 0 aliphatic carbocycles. The molecule has 1 aromatic heterocycles. The molecule has 1 atom stereocenters. The number of nitrogens with two attached hydrogens (primary N) is 1. The summed E-state index contributed by atoms with van der Waals surface area (Å²) in [6.07, 6.45) is 1.60. The van der Waals surface area contributed by atoms with Crippen molar-refractivity contribution >= 4 is 5.84 Å². The second kappa shape index (κ2) is 6.21. The van der Waals surface area contributed by atoms with Crippen molar-refractivity contribution in [2.24, 2.45) is 10.9 Å². The molecule has 0 radical (unpaired) electrons. The number of benzene rings is 1. The predicted molar refractivity (Wildman–Crippen MR) is 72.9 cm³/mol. The van der Waals surface area contributed by atoms with E-state index in [0.717, 1.165) is 5.76 Å². The molecule has 0 saturated carbocycles. The van der Waals surface area contributed by atoms with E-state index in [1.807, 2.05) is 13.0 Å². The van der Waals surface area contributed by atoms with Crippen molar-refractivity contribution in [3.05, 3.63) is 59.3 Å². The van der Waals surface area contributed by atoms with Crippen LogP contribution in [-0.2, 0) is 6.54 Å². The van der Waals surface area contributed by atoms with E-state index in [2.05, 4.69) is 10.5 Å². The lowest BCUT2D eigenvalue weighted by Crippen LogP contribution is -2.19. The summed E-state index contributed by atoms with van der Waals surface area (Å²) in [4.78, 5) is 0. The molecule has 0 aliphatic rings. The van der Waals surface area contributed by atoms with Gasteiger partial charge >= 0.3 is 0 Å². The largest absolute Gasteiger partial charge is 0.468 e. The lowest BCUT2D eigenvalue weighted by molar-refractivity contribution is 0.318. The number of furan rings is 1. The highest BCUT2D eigenvalue weighted by molar-refractivity contribution is 5.97. The van der Waals surface area contributed by atoms with Crippen LogP contribution in [-0.4, -0.2) is 11.0 Å². The Bertz CT molecular complexity index is 596. The van der Waals surface area contributed by atoms with Crippen LogP contribution in [0.5, 0.6) is 0 Å². The van der Waals surface area contributed by atoms with Crippen molar-refractivity contribution in [3.63, 3.8) is 0 Å². The summed E-state index contributed by atoms with van der Waals surface area (Å²) in [5, 5.41) is 14.5. The number of hydrogen-bond acceptors (Lipinski definition) is 4. The quantitative estimate of drug-likeness (QED) is 0.339. The van der Waals surface area contributed by atoms with Gasteiger partial charge < -0.3 is 20.7 Å². The zero-order chi connectivity index (χ0) is 14.5. The van der Waals surface area contributed by atoms with Crippen LogP contribution in [0.15, 0.2) is 46.2 Å². The highest BCUT2D eigenvalue weighted by Gasteiger charge is 2.10. The molecule has 0 fully saturated rings. The predicted octanol–water partition coefficient (Wildman–Crippen LogP) is 2.36. The van der Waals surface area contributed by atoms with Gasteiger partial charge in [-0.05, 0) is 25.1 Å². The Morgan fingerprint density at radius 3 is 2.90 bits per heavy atom. The fourth-order valence-electron chi connectivity index (χ4n) is 1.81. The number of nitrogens with zero attached hydrogens (tertiary/aromatic N) is 1. The summed E-state index contributed by atoms with van der Waals surface area (Å²) in [6.45, 7) is 2.28. The van der Waals surface area contributed by atoms with Crippen LogP contribution in [0.1, 0.15) is 29.9 Å². The SMILES string of the molecule is C[C@H](NCc1ccc(/C(N)=N/O)cc1F)c1ccco1. The topological polar surface area (TPSA) is 83.8 Å². The third-order valence-corrected chi connectivity index (χ3v) is 3.03. The van der Waals surface area contributed by atoms with Gasteiger partial charge in [-0.2, -0.15) is 0 Å². The van der Waals surface area contributed by atoms with Crippen molar-refractivity contribution in [1.29, 1.82) is 0 Å². The Balaban J connectivity index is 2.03. The van der Waals surface area contributed by atoms with Crippen LogP contribution in [0.4, 0.5) is 4.39 Å². The lowest BCUT2D eigenvalue weighted by Gasteiger charge is -2.12. The van der Waals surface area contributed by atoms with Gasteiger partial charge in [-0.3, -0.25) is 0 Å². The first-order valence-corrected chi connectivity index (χ1v) is 6.15. The minimum atomic E-state index is -0.409. The van der Waals surface area contributed by atoms with Crippen molar-refractivity contribution in [2.45, 2.75) is 19.5 Å². The second-order valence-corrected chi connectivity index (χ2v) is 4.41. The van der Waals surface area contributed by atoms with Crippen LogP contribution >= 0.6 is 0 Å². The summed E-state index contributed by atoms with van der Waals surface area (Å²) < 4.78 is 19.1. The Morgan fingerprint density at radius 2 is 2.30 bits per heavy atom. The van der Waals surface area contributed by atoms with Gasteiger partial charge in [-0.15, -0.1) is 0 Å². The van der Waals surface area contributed by atoms with Gasteiger partial charge in [-0.25, -0.2) is 4.39 Å². The van der Waals surface area contributed by atoms with Crippen LogP contribution in [0.2, 0.25) is 0 Å². The molecule has 0 bridgehead atoms. The van der Waals surface area contributed by atoms with E-state index in [1.165, 1.54) is 6.07 Å². The Labute approximate surface area is 115 Å². The van der Waals surface area contributed by atoms with Crippen LogP contribution in [0.3, 0.4) is 0 Å². The minimum Gasteiger partial charge on any atom is -0.468 e. The van der Waals surface area contributed by atoms with E-state index in [4.69, 9.17) is 15.4 Å². The summed E-state index contributed by atoms with van der Waals surface area (Å²) in [6, 6.07) is 8.09. The number of rotatable bonds is 5. The second-order valence-electron chi connectivity index (χ2n) is 4.41. The average Bonchev–Trinajstić information content (AvgIpc) is 2.99. The van der Waals surface area contributed by atoms with Crippen molar-refractivity contribution in [1.82, 2.24) is 5.32 Å². The number of halogens is 1. The maximum atomic E-state index is 13.9. The van der Waals surface area contributed by atoms with Crippen LogP contribution in [0, 0.1) is 5.82 Å². The first-order chi connectivity index (χ1) is 9.61. The molecule has 6 heteroatoms. The third-order valence-electron chi connectivity index (χ3n) is 3.03. The Hall–Kier alpha value is -2.34. The van der Waals surface area contributed by atoms with Gasteiger partial charge in [-0.1, -0.05) is 17.3 Å². The van der Waals surface area contributed by atoms with Crippen molar-refractivity contribution in [3.8, 4) is 0 Å². The maximum absolute atomic E-state index is 13.9. The highest BCUT2D eigenvalue weighted by atomic mass is 19.1. The third kappa shape index (κ3) is 3.16. The van der Waals surface area contributed by atoms with Gasteiger partial charge in [0.25, 0.3) is 0 Å². The van der Waals surface area contributed by atoms with Gasteiger partial charge in [0.15, 0.2) is 5.84 Å². The van der Waals surface area contributed by atoms with E-state index in [1.54, 1.807) is 24.5 Å². The molecule has 0 spiro atoms. The molecule has 4 N–H and O–H groups in total. The van der Waals surface area contributed by atoms with Gasteiger partial charge in [0.05, 0.1) is 12.3 Å². The van der Waals surface area contributed by atoms with Crippen molar-refractivity contribution in [2.75, 3.05) is 0 Å². The highest BCUT2D eigenvalue weighted by Crippen LogP contribution is 2.15. The number of amidine groups is 1. The summed E-state index contributed by atoms with van der Waals surface area (Å²) >= 11 is 0. The molecule has 2 rings (SSSR count). The summed E-state index contributed by atoms with van der Waals surface area (Å²) in [5.74, 6) is 0.263. The molecule has 0 unspecified atom stereocenters. The molecule has 20 heavy (non-hydrogen) atoms. The first-order valence-electron chi connectivity index (χ1n) is 6.15. The zero-order valence-electron chi connectivity index (χ0n) is 11.0. The normalized spacial score (nSPS) is 13.4. The summed E-state index contributed by atoms with van der Waals surface area (Å²) in [7, 11) is 0. The smallest absolute Gasteiger partial charge is 0.170 e. The molecular formula is C14H16FN3O2. The number of oxime groups is 1. The molecule has 106 valence electrons. The fraction of sp³-hybridized carbons (Fsp3) is 0.214. The average molecular weight is 277 g/mol. The molecule has 1 heterocycles. The van der Waals surface area contributed by atoms with E-state index >= 15 is 0 Å². The van der Waals surface area contributed by atoms with Crippen LogP contribution < -0.4 is 11.1 Å². The molecule has 5 nitrogen and oxygen atoms in total. The maximum Gasteiger partial charge on any atom is 0.170 e. The van der Waals surface area contributed by atoms with Crippen LogP contribution in [0.25, 0.3) is 0 Å². The molecule has 0 aliphatic heterocycles. The molecule has 1 aromatic carbocycles. The first kappa shape index (κ1) is 14.1. The van der Waals surface area contributed by atoms with E-state index in [9.17, 15) is 4.39 Å². The van der Waals surface area contributed by atoms with Crippen molar-refractivity contribution < 1.29 is 14.0 Å². The number of hydrogen-bond donors (Lipinski definition) is 3. The minimum absolute atomic E-state index is 0.0202. The molecule has 2 aromatic rings. The molecular weight excluding hydrogens is 261 g/mol. The van der Waals surface area contributed by atoms with Gasteiger partial charge in [0.2, 0.25) is 0 Å². The lowest BCUT2D eigenvalue weighted by atomic mass is 10.1. The van der Waals surface area contributed by atoms with E-state index < -0.39 is 5.82 Å². The fourth-order valence-corrected chi connectivity index (χ4v) is 1.81. The Kier molecular flexibility index (Phi) is 4.37. The van der Waals surface area contributed by atoms with E-state index in [0.29, 0.717) is 17.7 Å².